The Morgan fingerprint density at radius 3 is 2.45 bits per heavy atom. The Bertz CT molecular complexity index is 742. The monoisotopic (exact) mass is 308 g/mol. The van der Waals surface area contributed by atoms with Gasteiger partial charge in [0.1, 0.15) is 5.39 Å². The van der Waals surface area contributed by atoms with Gasteiger partial charge in [-0.25, -0.2) is 4.79 Å². The molecule has 2 rings (SSSR count). The zero-order valence-electron chi connectivity index (χ0n) is 13.5. The first-order valence-corrected chi connectivity index (χ1v) is 7.87. The smallest absolute Gasteiger partial charge is 0.332 e. The Balaban J connectivity index is 2.04. The molecule has 2 aromatic heterocycles. The van der Waals surface area contributed by atoms with Crippen LogP contribution in [0.1, 0.15) is 45.4 Å². The van der Waals surface area contributed by atoms with E-state index in [0.29, 0.717) is 11.3 Å². The van der Waals surface area contributed by atoms with Gasteiger partial charge in [-0.1, -0.05) is 44.2 Å². The maximum Gasteiger partial charge on any atom is 0.332 e. The van der Waals surface area contributed by atoms with Crippen molar-refractivity contribution in [2.75, 3.05) is 11.9 Å². The Morgan fingerprint density at radius 2 is 1.73 bits per heavy atom. The van der Waals surface area contributed by atoms with Crippen molar-refractivity contribution < 1.29 is 4.52 Å². The summed E-state index contributed by atoms with van der Waals surface area (Å²) in [7, 11) is 3.03. The Hall–Kier alpha value is -2.05. The molecule has 0 aliphatic rings. The van der Waals surface area contributed by atoms with E-state index in [2.05, 4.69) is 17.4 Å². The van der Waals surface area contributed by atoms with Crippen molar-refractivity contribution in [2.24, 2.45) is 14.1 Å². The molecular formula is C15H24N4O3. The molecule has 0 fully saturated rings. The largest absolute Gasteiger partial charge is 0.353 e. The highest BCUT2D eigenvalue weighted by molar-refractivity contribution is 5.84. The molecule has 0 amide bonds. The zero-order chi connectivity index (χ0) is 16.1. The van der Waals surface area contributed by atoms with Gasteiger partial charge in [-0.2, -0.15) is 0 Å². The molecule has 0 aliphatic carbocycles. The summed E-state index contributed by atoms with van der Waals surface area (Å²) in [6.45, 7) is 2.92. The first-order chi connectivity index (χ1) is 10.6. The second kappa shape index (κ2) is 7.29. The van der Waals surface area contributed by atoms with Crippen LogP contribution in [0.3, 0.4) is 0 Å². The Morgan fingerprint density at radius 1 is 1.05 bits per heavy atom. The third kappa shape index (κ3) is 3.23. The predicted molar refractivity (Wildman–Crippen MR) is 86.4 cm³/mol. The highest BCUT2D eigenvalue weighted by Gasteiger charge is 2.17. The number of nitrogens with one attached hydrogen (secondary N) is 1. The number of anilines is 1. The lowest BCUT2D eigenvalue weighted by Gasteiger charge is -2.04. The summed E-state index contributed by atoms with van der Waals surface area (Å²) in [6.07, 6.45) is 7.18. The number of rotatable bonds is 8. The predicted octanol–water partition coefficient (Wildman–Crippen LogP) is 2.00. The van der Waals surface area contributed by atoms with E-state index < -0.39 is 5.69 Å². The number of aryl methyl sites for hydroxylation is 1. The molecule has 22 heavy (non-hydrogen) atoms. The third-order valence-electron chi connectivity index (χ3n) is 3.90. The van der Waals surface area contributed by atoms with E-state index in [1.807, 2.05) is 0 Å². The van der Waals surface area contributed by atoms with Gasteiger partial charge in [0.05, 0.1) is 0 Å². The average molecular weight is 308 g/mol. The molecule has 2 aromatic rings. The van der Waals surface area contributed by atoms with Crippen LogP contribution in [0.4, 0.5) is 5.88 Å². The molecule has 0 aliphatic heterocycles. The van der Waals surface area contributed by atoms with Crippen LogP contribution in [0, 0.1) is 0 Å². The van der Waals surface area contributed by atoms with Crippen LogP contribution < -0.4 is 16.6 Å². The number of hydrogen-bond acceptors (Lipinski definition) is 5. The van der Waals surface area contributed by atoms with E-state index in [0.717, 1.165) is 24.0 Å². The molecule has 0 saturated heterocycles. The first-order valence-electron chi connectivity index (χ1n) is 7.87. The van der Waals surface area contributed by atoms with Crippen molar-refractivity contribution >= 4 is 16.9 Å². The minimum Gasteiger partial charge on any atom is -0.353 e. The van der Waals surface area contributed by atoms with Crippen molar-refractivity contribution in [3.8, 4) is 0 Å². The lowest BCUT2D eigenvalue weighted by Crippen LogP contribution is -2.36. The molecule has 0 bridgehead atoms. The molecule has 7 heteroatoms. The van der Waals surface area contributed by atoms with E-state index in [-0.39, 0.29) is 11.2 Å². The van der Waals surface area contributed by atoms with E-state index in [1.54, 1.807) is 7.05 Å². The number of hydrogen-bond donors (Lipinski definition) is 1. The van der Waals surface area contributed by atoms with E-state index in [1.165, 1.54) is 37.3 Å². The van der Waals surface area contributed by atoms with E-state index in [9.17, 15) is 9.59 Å². The molecule has 122 valence electrons. The molecule has 0 unspecified atom stereocenters. The summed E-state index contributed by atoms with van der Waals surface area (Å²) < 4.78 is 7.58. The molecule has 2 heterocycles. The van der Waals surface area contributed by atoms with Gasteiger partial charge in [0.15, 0.2) is 5.65 Å². The van der Waals surface area contributed by atoms with Crippen LogP contribution in [-0.4, -0.2) is 20.8 Å². The molecule has 0 aromatic carbocycles. The van der Waals surface area contributed by atoms with Gasteiger partial charge in [0.2, 0.25) is 5.88 Å². The highest BCUT2D eigenvalue weighted by atomic mass is 16.5. The Labute approximate surface area is 128 Å². The lowest BCUT2D eigenvalue weighted by molar-refractivity contribution is 0.435. The van der Waals surface area contributed by atoms with Gasteiger partial charge in [-0.15, -0.1) is 0 Å². The average Bonchev–Trinajstić information content (AvgIpc) is 2.94. The Kier molecular flexibility index (Phi) is 5.41. The molecular weight excluding hydrogens is 284 g/mol. The third-order valence-corrected chi connectivity index (χ3v) is 3.90. The van der Waals surface area contributed by atoms with Gasteiger partial charge < -0.3 is 9.84 Å². The molecule has 0 saturated carbocycles. The maximum absolute atomic E-state index is 12.2. The van der Waals surface area contributed by atoms with Crippen molar-refractivity contribution in [3.63, 3.8) is 0 Å². The number of fused-ring (bicyclic) bond motifs is 1. The fourth-order valence-corrected chi connectivity index (χ4v) is 2.50. The minimum atomic E-state index is -0.409. The second-order valence-electron chi connectivity index (χ2n) is 5.61. The van der Waals surface area contributed by atoms with E-state index in [4.69, 9.17) is 4.52 Å². The molecule has 0 spiro atoms. The van der Waals surface area contributed by atoms with Crippen molar-refractivity contribution in [1.82, 2.24) is 14.3 Å². The van der Waals surface area contributed by atoms with Crippen LogP contribution in [-0.2, 0) is 14.1 Å². The van der Waals surface area contributed by atoms with Crippen LogP contribution in [0.5, 0.6) is 0 Å². The summed E-state index contributed by atoms with van der Waals surface area (Å²) in [5, 5.41) is 7.28. The number of aromatic nitrogens is 3. The quantitative estimate of drug-likeness (QED) is 0.754. The summed E-state index contributed by atoms with van der Waals surface area (Å²) in [6, 6.07) is 0. The van der Waals surface area contributed by atoms with Crippen molar-refractivity contribution in [3.05, 3.63) is 20.8 Å². The van der Waals surface area contributed by atoms with Gasteiger partial charge >= 0.3 is 5.69 Å². The van der Waals surface area contributed by atoms with Crippen molar-refractivity contribution in [1.29, 1.82) is 0 Å². The summed E-state index contributed by atoms with van der Waals surface area (Å²) in [5.74, 6) is 0.347. The number of unbranched alkanes of at least 4 members (excludes halogenated alkanes) is 5. The van der Waals surface area contributed by atoms with Crippen LogP contribution in [0.2, 0.25) is 0 Å². The maximum atomic E-state index is 12.2. The van der Waals surface area contributed by atoms with Gasteiger partial charge in [0, 0.05) is 20.6 Å². The fraction of sp³-hybridized carbons (Fsp3) is 0.667. The molecule has 7 nitrogen and oxygen atoms in total. The standard InChI is InChI=1S/C15H24N4O3/c1-4-5-6-7-8-9-10-16-13-11-12(17-22-13)18(2)15(21)19(3)14(11)20/h16H,4-10H2,1-3H3. The minimum absolute atomic E-state index is 0.276. The molecule has 0 atom stereocenters. The van der Waals surface area contributed by atoms with Crippen LogP contribution in [0.15, 0.2) is 14.1 Å². The summed E-state index contributed by atoms with van der Waals surface area (Å²) >= 11 is 0. The topological polar surface area (TPSA) is 82.1 Å². The van der Waals surface area contributed by atoms with Gasteiger partial charge in [0.25, 0.3) is 5.56 Å². The fourth-order valence-electron chi connectivity index (χ4n) is 2.50. The second-order valence-corrected chi connectivity index (χ2v) is 5.61. The van der Waals surface area contributed by atoms with Gasteiger partial charge in [-0.3, -0.25) is 13.9 Å². The molecule has 1 N–H and O–H groups in total. The highest BCUT2D eigenvalue weighted by Crippen LogP contribution is 2.18. The zero-order valence-corrected chi connectivity index (χ0v) is 13.5. The van der Waals surface area contributed by atoms with Crippen LogP contribution in [0.25, 0.3) is 11.0 Å². The first kappa shape index (κ1) is 16.3. The van der Waals surface area contributed by atoms with Crippen molar-refractivity contribution in [2.45, 2.75) is 45.4 Å². The summed E-state index contributed by atoms with van der Waals surface area (Å²) in [4.78, 5) is 24.0. The number of nitrogens with zero attached hydrogens (tertiary/aromatic N) is 3. The van der Waals surface area contributed by atoms with E-state index >= 15 is 0 Å². The lowest BCUT2D eigenvalue weighted by atomic mass is 10.1. The molecule has 0 radical (unpaired) electrons. The normalized spacial score (nSPS) is 11.2. The summed E-state index contributed by atoms with van der Waals surface area (Å²) in [5.41, 5.74) is -0.517. The van der Waals surface area contributed by atoms with Gasteiger partial charge in [-0.05, 0) is 6.42 Å². The SMILES string of the molecule is CCCCCCCCNc1onc2c1c(=O)n(C)c(=O)n2C. The van der Waals surface area contributed by atoms with Crippen LogP contribution >= 0.6 is 0 Å².